The first-order valence-electron chi connectivity index (χ1n) is 6.89. The van der Waals surface area contributed by atoms with E-state index >= 15 is 0 Å². The van der Waals surface area contributed by atoms with Crippen LogP contribution in [-0.2, 0) is 4.79 Å². The van der Waals surface area contributed by atoms with Gasteiger partial charge in [0.15, 0.2) is 5.78 Å². The molecule has 1 aromatic carbocycles. The second-order valence-corrected chi connectivity index (χ2v) is 5.92. The minimum atomic E-state index is -0.886. The molecule has 4 nitrogen and oxygen atoms in total. The molecular weight excluding hydrogens is 278 g/mol. The highest BCUT2D eigenvalue weighted by atomic mass is 35.5. The predicted octanol–water partition coefficient (Wildman–Crippen LogP) is 2.84. The van der Waals surface area contributed by atoms with E-state index in [2.05, 4.69) is 4.90 Å². The molecule has 106 valence electrons. The van der Waals surface area contributed by atoms with Crippen molar-refractivity contribution in [3.05, 3.63) is 28.8 Å². The molecule has 2 fully saturated rings. The lowest BCUT2D eigenvalue weighted by Crippen LogP contribution is -2.18. The van der Waals surface area contributed by atoms with E-state index in [9.17, 15) is 9.59 Å². The SMILES string of the molecule is O=C(O)C1CC1C(=O)c1ccc(N2CCCC2)c(Cl)c1. The summed E-state index contributed by atoms with van der Waals surface area (Å²) in [6, 6.07) is 5.31. The molecule has 2 atom stereocenters. The average molecular weight is 294 g/mol. The lowest BCUT2D eigenvalue weighted by Gasteiger charge is -2.19. The molecule has 2 unspecified atom stereocenters. The van der Waals surface area contributed by atoms with Crippen LogP contribution >= 0.6 is 11.6 Å². The van der Waals surface area contributed by atoms with Crippen molar-refractivity contribution in [3.8, 4) is 0 Å². The standard InChI is InChI=1S/C15H16ClNO3/c16-12-7-9(14(18)10-8-11(10)15(19)20)3-4-13(12)17-5-1-2-6-17/h3-4,7,10-11H,1-2,5-6,8H2,(H,19,20). The number of benzene rings is 1. The zero-order chi connectivity index (χ0) is 14.3. The van der Waals surface area contributed by atoms with Crippen molar-refractivity contribution >= 4 is 29.0 Å². The van der Waals surface area contributed by atoms with Gasteiger partial charge in [0, 0.05) is 24.6 Å². The summed E-state index contributed by atoms with van der Waals surface area (Å²) >= 11 is 6.27. The van der Waals surface area contributed by atoms with Crippen molar-refractivity contribution in [1.29, 1.82) is 0 Å². The molecule has 0 aromatic heterocycles. The maximum absolute atomic E-state index is 12.2. The van der Waals surface area contributed by atoms with Gasteiger partial charge in [0.2, 0.25) is 0 Å². The number of carboxylic acid groups (broad SMARTS) is 1. The van der Waals surface area contributed by atoms with Crippen LogP contribution in [0.5, 0.6) is 0 Å². The van der Waals surface area contributed by atoms with Gasteiger partial charge in [-0.15, -0.1) is 0 Å². The van der Waals surface area contributed by atoms with Gasteiger partial charge in [-0.1, -0.05) is 11.6 Å². The smallest absolute Gasteiger partial charge is 0.307 e. The summed E-state index contributed by atoms with van der Waals surface area (Å²) in [7, 11) is 0. The molecule has 1 aromatic rings. The van der Waals surface area contributed by atoms with Crippen LogP contribution in [0.25, 0.3) is 0 Å². The lowest BCUT2D eigenvalue weighted by molar-refractivity contribution is -0.138. The Labute approximate surface area is 122 Å². The van der Waals surface area contributed by atoms with Crippen molar-refractivity contribution in [2.75, 3.05) is 18.0 Å². The van der Waals surface area contributed by atoms with E-state index in [0.717, 1.165) is 18.8 Å². The topological polar surface area (TPSA) is 57.6 Å². The van der Waals surface area contributed by atoms with E-state index in [1.165, 1.54) is 12.8 Å². The number of nitrogens with zero attached hydrogens (tertiary/aromatic N) is 1. The highest BCUT2D eigenvalue weighted by Crippen LogP contribution is 2.42. The predicted molar refractivity (Wildman–Crippen MR) is 76.5 cm³/mol. The van der Waals surface area contributed by atoms with Gasteiger partial charge in [0.1, 0.15) is 0 Å². The first-order chi connectivity index (χ1) is 9.58. The van der Waals surface area contributed by atoms with E-state index in [0.29, 0.717) is 17.0 Å². The number of carbonyl (C=O) groups is 2. The largest absolute Gasteiger partial charge is 0.481 e. The minimum absolute atomic E-state index is 0.104. The molecule has 0 radical (unpaired) electrons. The van der Waals surface area contributed by atoms with E-state index in [-0.39, 0.29) is 11.7 Å². The third-order valence-electron chi connectivity index (χ3n) is 4.12. The molecule has 0 spiro atoms. The molecule has 2 aliphatic rings. The van der Waals surface area contributed by atoms with E-state index in [1.807, 2.05) is 6.07 Å². The number of ketones is 1. The molecule has 3 rings (SSSR count). The first kappa shape index (κ1) is 13.4. The van der Waals surface area contributed by atoms with Crippen molar-refractivity contribution in [2.45, 2.75) is 19.3 Å². The zero-order valence-corrected chi connectivity index (χ0v) is 11.8. The second kappa shape index (κ2) is 5.09. The Hall–Kier alpha value is -1.55. The van der Waals surface area contributed by atoms with Crippen LogP contribution in [0.3, 0.4) is 0 Å². The normalized spacial score (nSPS) is 24.8. The van der Waals surface area contributed by atoms with Crippen molar-refractivity contribution in [1.82, 2.24) is 0 Å². The summed E-state index contributed by atoms with van der Waals surface area (Å²) in [5, 5.41) is 9.45. The molecule has 1 saturated carbocycles. The lowest BCUT2D eigenvalue weighted by atomic mass is 10.1. The summed E-state index contributed by atoms with van der Waals surface area (Å²) in [6.45, 7) is 1.99. The van der Waals surface area contributed by atoms with Gasteiger partial charge in [0.05, 0.1) is 16.6 Å². The van der Waals surface area contributed by atoms with Crippen LogP contribution in [0.1, 0.15) is 29.6 Å². The van der Waals surface area contributed by atoms with Crippen molar-refractivity contribution in [3.63, 3.8) is 0 Å². The molecule has 1 N–H and O–H groups in total. The minimum Gasteiger partial charge on any atom is -0.481 e. The number of Topliss-reactive ketones (excluding diaryl/α,β-unsaturated/α-hetero) is 1. The molecule has 5 heteroatoms. The van der Waals surface area contributed by atoms with Gasteiger partial charge < -0.3 is 10.0 Å². The van der Waals surface area contributed by atoms with Gasteiger partial charge in [-0.2, -0.15) is 0 Å². The summed E-state index contributed by atoms with van der Waals surface area (Å²) in [6.07, 6.45) is 2.78. The number of rotatable bonds is 4. The van der Waals surface area contributed by atoms with Crippen molar-refractivity contribution < 1.29 is 14.7 Å². The quantitative estimate of drug-likeness (QED) is 0.867. The van der Waals surface area contributed by atoms with E-state index in [1.54, 1.807) is 12.1 Å². The fourth-order valence-electron chi connectivity index (χ4n) is 2.85. The molecule has 0 amide bonds. The van der Waals surface area contributed by atoms with Gasteiger partial charge in [-0.3, -0.25) is 9.59 Å². The second-order valence-electron chi connectivity index (χ2n) is 5.51. The Morgan fingerprint density at radius 2 is 1.90 bits per heavy atom. The molecule has 0 bridgehead atoms. The third kappa shape index (κ3) is 2.40. The maximum atomic E-state index is 12.2. The van der Waals surface area contributed by atoms with E-state index < -0.39 is 11.9 Å². The number of carbonyl (C=O) groups excluding carboxylic acids is 1. The number of carboxylic acids is 1. The van der Waals surface area contributed by atoms with Gasteiger partial charge >= 0.3 is 5.97 Å². The summed E-state index contributed by atoms with van der Waals surface area (Å²) in [5.74, 6) is -1.88. The van der Waals surface area contributed by atoms with Crippen LogP contribution in [0, 0.1) is 11.8 Å². The number of aliphatic carboxylic acids is 1. The Morgan fingerprint density at radius 3 is 2.45 bits per heavy atom. The molecule has 1 heterocycles. The van der Waals surface area contributed by atoms with Crippen LogP contribution < -0.4 is 4.90 Å². The molecule has 20 heavy (non-hydrogen) atoms. The fraction of sp³-hybridized carbons (Fsp3) is 0.467. The van der Waals surface area contributed by atoms with Crippen LogP contribution in [0.4, 0.5) is 5.69 Å². The highest BCUT2D eigenvalue weighted by molar-refractivity contribution is 6.33. The van der Waals surface area contributed by atoms with E-state index in [4.69, 9.17) is 16.7 Å². The monoisotopic (exact) mass is 293 g/mol. The Morgan fingerprint density at radius 1 is 1.20 bits per heavy atom. The van der Waals surface area contributed by atoms with Crippen LogP contribution in [0.2, 0.25) is 5.02 Å². The highest BCUT2D eigenvalue weighted by Gasteiger charge is 2.48. The zero-order valence-electron chi connectivity index (χ0n) is 11.0. The summed E-state index contributed by atoms with van der Waals surface area (Å²) in [5.41, 5.74) is 1.48. The number of hydrogen-bond acceptors (Lipinski definition) is 3. The Kier molecular flexibility index (Phi) is 3.42. The molecule has 1 aliphatic carbocycles. The van der Waals surface area contributed by atoms with Gasteiger partial charge in [0.25, 0.3) is 0 Å². The fourth-order valence-corrected chi connectivity index (χ4v) is 3.15. The van der Waals surface area contributed by atoms with Gasteiger partial charge in [-0.05, 0) is 37.5 Å². The molecule has 1 aliphatic heterocycles. The molecular formula is C15H16ClNO3. The van der Waals surface area contributed by atoms with Crippen LogP contribution in [-0.4, -0.2) is 29.9 Å². The van der Waals surface area contributed by atoms with Crippen LogP contribution in [0.15, 0.2) is 18.2 Å². The Bertz CT molecular complexity index is 566. The first-order valence-corrected chi connectivity index (χ1v) is 7.27. The van der Waals surface area contributed by atoms with Crippen molar-refractivity contribution in [2.24, 2.45) is 11.8 Å². The number of anilines is 1. The third-order valence-corrected chi connectivity index (χ3v) is 4.43. The number of hydrogen-bond donors (Lipinski definition) is 1. The number of halogens is 1. The van der Waals surface area contributed by atoms with Gasteiger partial charge in [-0.25, -0.2) is 0 Å². The molecule has 1 saturated heterocycles. The average Bonchev–Trinajstić information content (AvgIpc) is 3.05. The maximum Gasteiger partial charge on any atom is 0.307 e. The summed E-state index contributed by atoms with van der Waals surface area (Å²) < 4.78 is 0. The Balaban J connectivity index is 1.77. The summed E-state index contributed by atoms with van der Waals surface area (Å²) in [4.78, 5) is 25.2.